The fraction of sp³-hybridized carbons (Fsp3) is 0.0833. The first-order valence-electron chi connectivity index (χ1n) is 5.64. The van der Waals surface area contributed by atoms with Gasteiger partial charge in [-0.3, -0.25) is 0 Å². The van der Waals surface area contributed by atoms with E-state index < -0.39 is 15.8 Å². The summed E-state index contributed by atoms with van der Waals surface area (Å²) < 4.78 is 40.0. The van der Waals surface area contributed by atoms with Gasteiger partial charge in [0.05, 0.1) is 15.8 Å². The molecule has 9 heteroatoms. The first-order valence-corrected chi connectivity index (χ1v) is 8.30. The van der Waals surface area contributed by atoms with Gasteiger partial charge in [-0.05, 0) is 41.2 Å². The molecule has 0 fully saturated rings. The predicted octanol–water partition coefficient (Wildman–Crippen LogP) is 3.29. The molecule has 2 aromatic rings. The van der Waals surface area contributed by atoms with Crippen molar-refractivity contribution in [2.24, 2.45) is 0 Å². The summed E-state index contributed by atoms with van der Waals surface area (Å²) in [6.07, 6.45) is 1.47. The zero-order valence-electron chi connectivity index (χ0n) is 10.7. The van der Waals surface area contributed by atoms with E-state index in [4.69, 9.17) is 11.6 Å². The van der Waals surface area contributed by atoms with Crippen molar-refractivity contribution in [2.75, 3.05) is 12.4 Å². The van der Waals surface area contributed by atoms with Crippen LogP contribution in [-0.4, -0.2) is 20.4 Å². The number of nitrogens with one attached hydrogen (secondary N) is 2. The van der Waals surface area contributed by atoms with Crippen LogP contribution >= 0.6 is 27.5 Å². The van der Waals surface area contributed by atoms with Gasteiger partial charge >= 0.3 is 0 Å². The fourth-order valence-electron chi connectivity index (χ4n) is 1.59. The van der Waals surface area contributed by atoms with Crippen LogP contribution in [0.1, 0.15) is 0 Å². The second-order valence-corrected chi connectivity index (χ2v) is 7.06. The number of sulfonamides is 1. The summed E-state index contributed by atoms with van der Waals surface area (Å²) in [7, 11) is -2.56. The van der Waals surface area contributed by atoms with Crippen LogP contribution < -0.4 is 10.0 Å². The van der Waals surface area contributed by atoms with Crippen LogP contribution in [0.25, 0.3) is 0 Å². The summed E-state index contributed by atoms with van der Waals surface area (Å²) in [5.74, 6) is -0.652. The Morgan fingerprint density at radius 3 is 2.67 bits per heavy atom. The molecule has 1 heterocycles. The highest BCUT2D eigenvalue weighted by atomic mass is 79.9. The van der Waals surface area contributed by atoms with Crippen molar-refractivity contribution in [2.45, 2.75) is 4.90 Å². The fourth-order valence-corrected chi connectivity index (χ4v) is 2.96. The predicted molar refractivity (Wildman–Crippen MR) is 82.9 cm³/mol. The Labute approximate surface area is 134 Å². The number of anilines is 2. The lowest BCUT2D eigenvalue weighted by Crippen LogP contribution is -2.20. The van der Waals surface area contributed by atoms with Crippen LogP contribution in [0.15, 0.2) is 39.8 Å². The third kappa shape index (κ3) is 3.70. The van der Waals surface area contributed by atoms with E-state index in [1.54, 1.807) is 0 Å². The molecule has 21 heavy (non-hydrogen) atoms. The summed E-state index contributed by atoms with van der Waals surface area (Å²) in [5.41, 5.74) is 0.725. The van der Waals surface area contributed by atoms with Gasteiger partial charge < -0.3 is 5.32 Å². The minimum atomic E-state index is -3.81. The Morgan fingerprint density at radius 1 is 1.29 bits per heavy atom. The molecule has 0 saturated carbocycles. The summed E-state index contributed by atoms with van der Waals surface area (Å²) in [4.78, 5) is 3.67. The van der Waals surface area contributed by atoms with E-state index in [0.29, 0.717) is 10.2 Å². The molecule has 2 N–H and O–H groups in total. The van der Waals surface area contributed by atoms with E-state index in [-0.39, 0.29) is 15.7 Å². The Balaban J connectivity index is 2.52. The van der Waals surface area contributed by atoms with Crippen LogP contribution in [0.3, 0.4) is 0 Å². The average Bonchev–Trinajstić information content (AvgIpc) is 2.44. The number of aromatic nitrogens is 1. The molecule has 0 atom stereocenters. The molecule has 2 rings (SSSR count). The number of benzene rings is 1. The van der Waals surface area contributed by atoms with Gasteiger partial charge in [0.2, 0.25) is 10.0 Å². The van der Waals surface area contributed by atoms with Crippen molar-refractivity contribution in [3.05, 3.63) is 45.9 Å². The summed E-state index contributed by atoms with van der Waals surface area (Å²) >= 11 is 9.07. The first kappa shape index (κ1) is 16.2. The average molecular weight is 395 g/mol. The lowest BCUT2D eigenvalue weighted by atomic mass is 10.3. The molecule has 0 aliphatic rings. The molecule has 1 aromatic heterocycles. The second kappa shape index (κ2) is 6.27. The standard InChI is InChI=1S/C12H10BrClFN3O2S/c1-16-21(19,20)11-4-7(15)2-3-9(11)18-10-5-12(14)17-6-8(10)13/h2-6,16H,1H3,(H,17,18). The molecule has 0 unspecified atom stereocenters. The molecule has 1 aromatic carbocycles. The largest absolute Gasteiger partial charge is 0.353 e. The van der Waals surface area contributed by atoms with Gasteiger partial charge in [0.1, 0.15) is 15.9 Å². The quantitative estimate of drug-likeness (QED) is 0.781. The van der Waals surface area contributed by atoms with Gasteiger partial charge in [0, 0.05) is 12.3 Å². The monoisotopic (exact) mass is 393 g/mol. The van der Waals surface area contributed by atoms with Crippen LogP contribution in [0.4, 0.5) is 15.8 Å². The molecule has 0 aliphatic carbocycles. The maximum atomic E-state index is 13.3. The third-order valence-electron chi connectivity index (χ3n) is 2.59. The second-order valence-electron chi connectivity index (χ2n) is 3.96. The number of halogens is 3. The van der Waals surface area contributed by atoms with Crippen molar-refractivity contribution < 1.29 is 12.8 Å². The number of rotatable bonds is 4. The van der Waals surface area contributed by atoms with Crippen molar-refractivity contribution >= 4 is 48.9 Å². The Kier molecular flexibility index (Phi) is 4.82. The molecule has 0 amide bonds. The van der Waals surface area contributed by atoms with E-state index in [2.05, 4.69) is 31.0 Å². The van der Waals surface area contributed by atoms with Gasteiger partial charge in [-0.1, -0.05) is 11.6 Å². The highest BCUT2D eigenvalue weighted by molar-refractivity contribution is 9.10. The molecule has 112 valence electrons. The van der Waals surface area contributed by atoms with Crippen molar-refractivity contribution in [3.8, 4) is 0 Å². The number of hydrogen-bond donors (Lipinski definition) is 2. The van der Waals surface area contributed by atoms with E-state index in [0.717, 1.165) is 12.1 Å². The van der Waals surface area contributed by atoms with Crippen LogP contribution in [0.2, 0.25) is 5.15 Å². The molecule has 0 saturated heterocycles. The SMILES string of the molecule is CNS(=O)(=O)c1cc(F)ccc1Nc1cc(Cl)ncc1Br. The Bertz CT molecular complexity index is 786. The van der Waals surface area contributed by atoms with Crippen molar-refractivity contribution in [3.63, 3.8) is 0 Å². The Morgan fingerprint density at radius 2 is 2.00 bits per heavy atom. The third-order valence-corrected chi connectivity index (χ3v) is 4.89. The van der Waals surface area contributed by atoms with Crippen molar-refractivity contribution in [1.82, 2.24) is 9.71 Å². The number of nitrogens with zero attached hydrogens (tertiary/aromatic N) is 1. The maximum absolute atomic E-state index is 13.3. The molecule has 0 spiro atoms. The zero-order chi connectivity index (χ0) is 15.6. The molecule has 5 nitrogen and oxygen atoms in total. The minimum absolute atomic E-state index is 0.204. The van der Waals surface area contributed by atoms with Gasteiger partial charge in [-0.2, -0.15) is 0 Å². The van der Waals surface area contributed by atoms with E-state index in [1.807, 2.05) is 0 Å². The lowest BCUT2D eigenvalue weighted by molar-refractivity contribution is 0.584. The normalized spacial score (nSPS) is 11.4. The van der Waals surface area contributed by atoms with E-state index in [9.17, 15) is 12.8 Å². The van der Waals surface area contributed by atoms with Gasteiger partial charge in [0.15, 0.2) is 0 Å². The Hall–Kier alpha value is -1.22. The number of pyridine rings is 1. The molecular weight excluding hydrogens is 385 g/mol. The van der Waals surface area contributed by atoms with Crippen LogP contribution in [-0.2, 0) is 10.0 Å². The highest BCUT2D eigenvalue weighted by Crippen LogP contribution is 2.30. The molecule has 0 radical (unpaired) electrons. The molecule has 0 aliphatic heterocycles. The minimum Gasteiger partial charge on any atom is -0.353 e. The van der Waals surface area contributed by atoms with Gasteiger partial charge in [-0.15, -0.1) is 0 Å². The van der Waals surface area contributed by atoms with E-state index in [1.165, 1.54) is 25.4 Å². The number of hydrogen-bond acceptors (Lipinski definition) is 4. The van der Waals surface area contributed by atoms with Crippen LogP contribution in [0.5, 0.6) is 0 Å². The maximum Gasteiger partial charge on any atom is 0.242 e. The smallest absolute Gasteiger partial charge is 0.242 e. The van der Waals surface area contributed by atoms with E-state index >= 15 is 0 Å². The van der Waals surface area contributed by atoms with Gasteiger partial charge in [-0.25, -0.2) is 22.5 Å². The first-order chi connectivity index (χ1) is 9.83. The zero-order valence-corrected chi connectivity index (χ0v) is 13.9. The summed E-state index contributed by atoms with van der Waals surface area (Å²) in [6.45, 7) is 0. The van der Waals surface area contributed by atoms with Crippen LogP contribution in [0, 0.1) is 5.82 Å². The molecule has 0 bridgehead atoms. The summed E-state index contributed by atoms with van der Waals surface area (Å²) in [5, 5.41) is 3.13. The topological polar surface area (TPSA) is 71.1 Å². The van der Waals surface area contributed by atoms with Gasteiger partial charge in [0.25, 0.3) is 0 Å². The summed E-state index contributed by atoms with van der Waals surface area (Å²) in [6, 6.07) is 4.95. The highest BCUT2D eigenvalue weighted by Gasteiger charge is 2.18. The lowest BCUT2D eigenvalue weighted by Gasteiger charge is -2.13. The van der Waals surface area contributed by atoms with Crippen molar-refractivity contribution in [1.29, 1.82) is 0 Å². The molecular formula is C12H10BrClFN3O2S.